The minimum Gasteiger partial charge on any atom is -0.325 e. The van der Waals surface area contributed by atoms with Crippen molar-refractivity contribution in [3.05, 3.63) is 71.0 Å². The number of nitrogens with zero attached hydrogens (tertiary/aromatic N) is 1. The molecule has 6 heteroatoms. The molecule has 0 saturated heterocycles. The van der Waals surface area contributed by atoms with Crippen molar-refractivity contribution in [1.29, 1.82) is 0 Å². The highest BCUT2D eigenvalue weighted by Crippen LogP contribution is 2.49. The molecule has 1 saturated carbocycles. The Morgan fingerprint density at radius 3 is 2.42 bits per heavy atom. The third-order valence-electron chi connectivity index (χ3n) is 4.50. The van der Waals surface area contributed by atoms with E-state index in [1.54, 1.807) is 35.2 Å². The molecule has 132 valence electrons. The lowest BCUT2D eigenvalue weighted by atomic mass is 9.95. The summed E-state index contributed by atoms with van der Waals surface area (Å²) in [5.41, 5.74) is 2.15. The molecule has 4 rings (SSSR count). The van der Waals surface area contributed by atoms with Gasteiger partial charge >= 0.3 is 0 Å². The molecule has 1 amide bonds. The summed E-state index contributed by atoms with van der Waals surface area (Å²) in [6.45, 7) is 1.98. The van der Waals surface area contributed by atoms with Gasteiger partial charge in [0.1, 0.15) is 5.82 Å². The maximum absolute atomic E-state index is 13.1. The van der Waals surface area contributed by atoms with Gasteiger partial charge in [-0.3, -0.25) is 4.79 Å². The summed E-state index contributed by atoms with van der Waals surface area (Å²) >= 11 is 3.24. The smallest absolute Gasteiger partial charge is 0.235 e. The zero-order valence-corrected chi connectivity index (χ0v) is 15.8. The molecule has 0 unspecified atom stereocenters. The molecular formula is C20H17FN2OS2. The summed E-state index contributed by atoms with van der Waals surface area (Å²) in [4.78, 5) is 18.3. The first-order valence-corrected chi connectivity index (χ1v) is 10.0. The quantitative estimate of drug-likeness (QED) is 0.639. The van der Waals surface area contributed by atoms with E-state index in [-0.39, 0.29) is 11.7 Å². The Bertz CT molecular complexity index is 931. The van der Waals surface area contributed by atoms with Gasteiger partial charge in [0.15, 0.2) is 4.34 Å². The fourth-order valence-corrected chi connectivity index (χ4v) is 4.69. The van der Waals surface area contributed by atoms with Gasteiger partial charge in [0, 0.05) is 21.7 Å². The molecule has 3 aromatic rings. The van der Waals surface area contributed by atoms with E-state index in [9.17, 15) is 9.18 Å². The minimum atomic E-state index is -0.514. The summed E-state index contributed by atoms with van der Waals surface area (Å²) in [6, 6.07) is 14.0. The van der Waals surface area contributed by atoms with Crippen LogP contribution in [-0.4, -0.2) is 10.9 Å². The summed E-state index contributed by atoms with van der Waals surface area (Å²) < 4.78 is 14.1. The van der Waals surface area contributed by atoms with Gasteiger partial charge in [-0.1, -0.05) is 23.9 Å². The van der Waals surface area contributed by atoms with E-state index in [0.29, 0.717) is 0 Å². The molecule has 0 spiro atoms. The van der Waals surface area contributed by atoms with Crippen molar-refractivity contribution in [3.8, 4) is 0 Å². The van der Waals surface area contributed by atoms with Crippen molar-refractivity contribution in [2.24, 2.45) is 0 Å². The van der Waals surface area contributed by atoms with Crippen LogP contribution in [0.25, 0.3) is 0 Å². The van der Waals surface area contributed by atoms with Gasteiger partial charge in [-0.25, -0.2) is 9.37 Å². The van der Waals surface area contributed by atoms with Crippen LogP contribution in [0.15, 0.2) is 63.1 Å². The molecule has 0 bridgehead atoms. The van der Waals surface area contributed by atoms with E-state index in [4.69, 9.17) is 0 Å². The highest BCUT2D eigenvalue weighted by Gasteiger charge is 2.51. The van der Waals surface area contributed by atoms with Crippen LogP contribution in [0.5, 0.6) is 0 Å². The Hall–Kier alpha value is -2.18. The Morgan fingerprint density at radius 1 is 1.15 bits per heavy atom. The molecule has 1 aromatic heterocycles. The SMILES string of the molecule is Cc1csc(Sc2ccc(NC(=O)C3(c4ccc(F)cc4)CC3)cc2)n1. The molecule has 0 radical (unpaired) electrons. The molecule has 0 atom stereocenters. The molecule has 1 aliphatic rings. The van der Waals surface area contributed by atoms with Crippen molar-refractivity contribution in [1.82, 2.24) is 4.98 Å². The first-order valence-electron chi connectivity index (χ1n) is 8.33. The average molecular weight is 385 g/mol. The molecule has 0 aliphatic heterocycles. The van der Waals surface area contributed by atoms with Gasteiger partial charge in [-0.15, -0.1) is 11.3 Å². The first-order chi connectivity index (χ1) is 12.5. The number of aromatic nitrogens is 1. The monoisotopic (exact) mass is 384 g/mol. The van der Waals surface area contributed by atoms with Crippen molar-refractivity contribution < 1.29 is 9.18 Å². The number of benzene rings is 2. The largest absolute Gasteiger partial charge is 0.325 e. The van der Waals surface area contributed by atoms with Crippen LogP contribution in [-0.2, 0) is 10.2 Å². The van der Waals surface area contributed by atoms with Crippen molar-refractivity contribution in [2.75, 3.05) is 5.32 Å². The van der Waals surface area contributed by atoms with Gasteiger partial charge in [-0.05, 0) is 61.7 Å². The number of thiazole rings is 1. The maximum Gasteiger partial charge on any atom is 0.235 e. The third-order valence-corrected chi connectivity index (χ3v) is 6.56. The Morgan fingerprint density at radius 2 is 1.85 bits per heavy atom. The van der Waals surface area contributed by atoms with Crippen LogP contribution in [0.1, 0.15) is 24.1 Å². The van der Waals surface area contributed by atoms with Crippen molar-refractivity contribution in [2.45, 2.75) is 34.4 Å². The second-order valence-electron chi connectivity index (χ2n) is 6.42. The lowest BCUT2D eigenvalue weighted by Gasteiger charge is -2.16. The highest BCUT2D eigenvalue weighted by atomic mass is 32.2. The molecule has 26 heavy (non-hydrogen) atoms. The van der Waals surface area contributed by atoms with Crippen LogP contribution in [0, 0.1) is 12.7 Å². The normalized spacial score (nSPS) is 14.8. The minimum absolute atomic E-state index is 0.0277. The van der Waals surface area contributed by atoms with E-state index >= 15 is 0 Å². The van der Waals surface area contributed by atoms with E-state index in [0.717, 1.165) is 39.0 Å². The summed E-state index contributed by atoms with van der Waals surface area (Å²) in [5.74, 6) is -0.312. The number of anilines is 1. The lowest BCUT2D eigenvalue weighted by Crippen LogP contribution is -2.27. The zero-order chi connectivity index (χ0) is 18.1. The number of nitrogens with one attached hydrogen (secondary N) is 1. The van der Waals surface area contributed by atoms with E-state index in [2.05, 4.69) is 10.3 Å². The number of hydrogen-bond donors (Lipinski definition) is 1. The number of carbonyl (C=O) groups is 1. The fraction of sp³-hybridized carbons (Fsp3) is 0.200. The molecule has 1 aliphatic carbocycles. The predicted octanol–water partition coefficient (Wildman–Crippen LogP) is 5.41. The topological polar surface area (TPSA) is 42.0 Å². The Balaban J connectivity index is 1.44. The molecule has 1 N–H and O–H groups in total. The van der Waals surface area contributed by atoms with Crippen LogP contribution in [0.2, 0.25) is 0 Å². The second-order valence-corrected chi connectivity index (χ2v) is 8.60. The number of rotatable bonds is 5. The number of halogens is 1. The van der Waals surface area contributed by atoms with Crippen LogP contribution >= 0.6 is 23.1 Å². The molecular weight excluding hydrogens is 367 g/mol. The Labute approximate surface area is 159 Å². The predicted molar refractivity (Wildman–Crippen MR) is 103 cm³/mol. The fourth-order valence-electron chi connectivity index (χ4n) is 2.88. The lowest BCUT2D eigenvalue weighted by molar-refractivity contribution is -0.118. The molecule has 1 heterocycles. The Kier molecular flexibility index (Phi) is 4.54. The van der Waals surface area contributed by atoms with Crippen molar-refractivity contribution >= 4 is 34.7 Å². The first kappa shape index (κ1) is 17.2. The third kappa shape index (κ3) is 3.52. The number of hydrogen-bond acceptors (Lipinski definition) is 4. The molecule has 1 fully saturated rings. The summed E-state index contributed by atoms with van der Waals surface area (Å²) in [6.07, 6.45) is 1.59. The van der Waals surface area contributed by atoms with Crippen LogP contribution in [0.3, 0.4) is 0 Å². The standard InChI is InChI=1S/C20H17FN2OS2/c1-13-12-25-19(22-13)26-17-8-6-16(7-9-17)23-18(24)20(10-11-20)14-2-4-15(21)5-3-14/h2-9,12H,10-11H2,1H3,(H,23,24). The summed E-state index contributed by atoms with van der Waals surface area (Å²) in [7, 11) is 0. The molecule has 2 aromatic carbocycles. The van der Waals surface area contributed by atoms with Crippen LogP contribution in [0.4, 0.5) is 10.1 Å². The van der Waals surface area contributed by atoms with E-state index < -0.39 is 5.41 Å². The maximum atomic E-state index is 13.1. The van der Waals surface area contributed by atoms with E-state index in [1.807, 2.05) is 36.6 Å². The zero-order valence-electron chi connectivity index (χ0n) is 14.2. The highest BCUT2D eigenvalue weighted by molar-refractivity contribution is 8.01. The number of amides is 1. The second kappa shape index (κ2) is 6.85. The van der Waals surface area contributed by atoms with Gasteiger partial charge in [0.25, 0.3) is 0 Å². The van der Waals surface area contributed by atoms with Gasteiger partial charge < -0.3 is 5.32 Å². The average Bonchev–Trinajstić information content (AvgIpc) is 3.35. The van der Waals surface area contributed by atoms with Gasteiger partial charge in [0.05, 0.1) is 5.41 Å². The molecule has 3 nitrogen and oxygen atoms in total. The van der Waals surface area contributed by atoms with Crippen LogP contribution < -0.4 is 5.32 Å². The van der Waals surface area contributed by atoms with E-state index in [1.165, 1.54) is 12.1 Å². The van der Waals surface area contributed by atoms with Gasteiger partial charge in [0.2, 0.25) is 5.91 Å². The number of carbonyl (C=O) groups excluding carboxylic acids is 1. The van der Waals surface area contributed by atoms with Crippen molar-refractivity contribution in [3.63, 3.8) is 0 Å². The summed E-state index contributed by atoms with van der Waals surface area (Å²) in [5, 5.41) is 5.03. The number of aryl methyl sites for hydroxylation is 1. The van der Waals surface area contributed by atoms with Gasteiger partial charge in [-0.2, -0.15) is 0 Å².